The Bertz CT molecular complexity index is 808. The van der Waals surface area contributed by atoms with E-state index in [2.05, 4.69) is 16.8 Å². The standard InChI is InChI=1S/C14H15FN2.C4H4O4/c1-9(16)8-17-5-4-10-6-11-7-12(15)2-3-13(11)14(10)17;5-3(6)1-2-4(7)8/h2-5,7,9H,6,8,16H2,1H3;1-2H,(H,5,6)(H,7,8)/t9-;/m0./s1. The lowest BCUT2D eigenvalue weighted by Crippen LogP contribution is -2.22. The number of carboxylic acids is 2. The Morgan fingerprint density at radius 2 is 1.88 bits per heavy atom. The molecule has 7 heteroatoms. The van der Waals surface area contributed by atoms with Crippen molar-refractivity contribution in [2.45, 2.75) is 25.9 Å². The molecule has 1 aliphatic rings. The summed E-state index contributed by atoms with van der Waals surface area (Å²) in [6.45, 7) is 2.79. The molecule has 1 aromatic carbocycles. The van der Waals surface area contributed by atoms with Crippen molar-refractivity contribution < 1.29 is 24.2 Å². The lowest BCUT2D eigenvalue weighted by atomic mass is 10.1. The molecule has 0 fully saturated rings. The molecule has 0 radical (unpaired) electrons. The second kappa shape index (κ2) is 7.76. The summed E-state index contributed by atoms with van der Waals surface area (Å²) in [5.74, 6) is -2.67. The molecule has 0 aliphatic heterocycles. The van der Waals surface area contributed by atoms with E-state index < -0.39 is 11.9 Å². The van der Waals surface area contributed by atoms with E-state index in [0.717, 1.165) is 24.1 Å². The highest BCUT2D eigenvalue weighted by Crippen LogP contribution is 2.37. The number of aliphatic carboxylic acids is 2. The molecule has 132 valence electrons. The molecule has 0 bridgehead atoms. The van der Waals surface area contributed by atoms with E-state index in [9.17, 15) is 14.0 Å². The molecular formula is C18H19FN2O4. The summed E-state index contributed by atoms with van der Waals surface area (Å²) in [5, 5.41) is 15.6. The van der Waals surface area contributed by atoms with Gasteiger partial charge >= 0.3 is 11.9 Å². The lowest BCUT2D eigenvalue weighted by Gasteiger charge is -2.11. The number of fused-ring (bicyclic) bond motifs is 3. The normalized spacial score (nSPS) is 12.9. The Balaban J connectivity index is 0.000000242. The summed E-state index contributed by atoms with van der Waals surface area (Å²) in [6, 6.07) is 7.25. The molecule has 0 unspecified atom stereocenters. The molecule has 25 heavy (non-hydrogen) atoms. The van der Waals surface area contributed by atoms with Crippen LogP contribution >= 0.6 is 0 Å². The van der Waals surface area contributed by atoms with Crippen molar-refractivity contribution in [3.63, 3.8) is 0 Å². The van der Waals surface area contributed by atoms with E-state index in [4.69, 9.17) is 15.9 Å². The van der Waals surface area contributed by atoms with Crippen molar-refractivity contribution in [2.24, 2.45) is 5.73 Å². The first-order valence-corrected chi connectivity index (χ1v) is 7.64. The van der Waals surface area contributed by atoms with Gasteiger partial charge in [-0.05, 0) is 42.3 Å². The number of carbonyl (C=O) groups is 2. The van der Waals surface area contributed by atoms with Gasteiger partial charge in [-0.25, -0.2) is 14.0 Å². The van der Waals surface area contributed by atoms with Gasteiger partial charge in [0.15, 0.2) is 0 Å². The number of halogens is 1. The van der Waals surface area contributed by atoms with Crippen LogP contribution < -0.4 is 5.73 Å². The minimum Gasteiger partial charge on any atom is -0.478 e. The Morgan fingerprint density at radius 1 is 1.24 bits per heavy atom. The Kier molecular flexibility index (Phi) is 5.71. The van der Waals surface area contributed by atoms with E-state index in [1.807, 2.05) is 13.0 Å². The van der Waals surface area contributed by atoms with E-state index in [1.165, 1.54) is 17.3 Å². The average molecular weight is 346 g/mol. The van der Waals surface area contributed by atoms with Crippen LogP contribution in [0.2, 0.25) is 0 Å². The van der Waals surface area contributed by atoms with Gasteiger partial charge in [-0.3, -0.25) is 0 Å². The number of hydrogen-bond donors (Lipinski definition) is 3. The minimum absolute atomic E-state index is 0.121. The van der Waals surface area contributed by atoms with Gasteiger partial charge in [-0.15, -0.1) is 0 Å². The van der Waals surface area contributed by atoms with Gasteiger partial charge in [0.1, 0.15) is 5.82 Å². The quantitative estimate of drug-likeness (QED) is 0.628. The molecule has 3 rings (SSSR count). The molecule has 1 atom stereocenters. The van der Waals surface area contributed by atoms with E-state index in [1.54, 1.807) is 6.07 Å². The second-order valence-corrected chi connectivity index (χ2v) is 5.81. The summed E-state index contributed by atoms with van der Waals surface area (Å²) in [4.78, 5) is 19.1. The minimum atomic E-state index is -1.26. The van der Waals surface area contributed by atoms with Crippen molar-refractivity contribution in [1.82, 2.24) is 4.57 Å². The monoisotopic (exact) mass is 346 g/mol. The van der Waals surface area contributed by atoms with Gasteiger partial charge in [-0.2, -0.15) is 0 Å². The number of benzene rings is 1. The SMILES string of the molecule is C[C@H](N)Cn1ccc2c1-c1ccc(F)cc1C2.O=C(O)C=CC(=O)O. The molecule has 6 nitrogen and oxygen atoms in total. The van der Waals surface area contributed by atoms with Gasteiger partial charge in [-0.1, -0.05) is 0 Å². The molecule has 0 amide bonds. The summed E-state index contributed by atoms with van der Waals surface area (Å²) < 4.78 is 15.3. The van der Waals surface area contributed by atoms with Gasteiger partial charge in [0.2, 0.25) is 0 Å². The fraction of sp³-hybridized carbons (Fsp3) is 0.222. The number of rotatable bonds is 4. The zero-order valence-electron chi connectivity index (χ0n) is 13.6. The summed E-state index contributed by atoms with van der Waals surface area (Å²) >= 11 is 0. The highest BCUT2D eigenvalue weighted by atomic mass is 19.1. The van der Waals surface area contributed by atoms with Crippen LogP contribution in [0.1, 0.15) is 18.1 Å². The Hall–Kier alpha value is -2.93. The molecule has 2 aromatic rings. The molecule has 0 spiro atoms. The first-order chi connectivity index (χ1) is 11.8. The van der Waals surface area contributed by atoms with E-state index in [-0.39, 0.29) is 11.9 Å². The van der Waals surface area contributed by atoms with Crippen LogP contribution in [0.4, 0.5) is 4.39 Å². The van der Waals surface area contributed by atoms with E-state index in [0.29, 0.717) is 12.2 Å². The third kappa shape index (κ3) is 4.77. The van der Waals surface area contributed by atoms with Crippen LogP contribution in [0.5, 0.6) is 0 Å². The highest BCUT2D eigenvalue weighted by Gasteiger charge is 2.22. The first kappa shape index (κ1) is 18.4. The molecular weight excluding hydrogens is 327 g/mol. The average Bonchev–Trinajstić information content (AvgIpc) is 3.04. The van der Waals surface area contributed by atoms with Crippen molar-refractivity contribution in [1.29, 1.82) is 0 Å². The number of carboxylic acid groups (broad SMARTS) is 2. The van der Waals surface area contributed by atoms with Crippen LogP contribution in [-0.4, -0.2) is 32.8 Å². The molecule has 0 saturated heterocycles. The molecule has 1 heterocycles. The zero-order valence-corrected chi connectivity index (χ0v) is 13.6. The lowest BCUT2D eigenvalue weighted by molar-refractivity contribution is -0.134. The van der Waals surface area contributed by atoms with Gasteiger partial charge in [0.25, 0.3) is 0 Å². The third-order valence-corrected chi connectivity index (χ3v) is 3.60. The Morgan fingerprint density at radius 3 is 2.44 bits per heavy atom. The van der Waals surface area contributed by atoms with E-state index >= 15 is 0 Å². The number of aromatic nitrogens is 1. The van der Waals surface area contributed by atoms with Gasteiger partial charge < -0.3 is 20.5 Å². The molecule has 1 aromatic heterocycles. The fourth-order valence-corrected chi connectivity index (χ4v) is 2.74. The third-order valence-electron chi connectivity index (χ3n) is 3.60. The van der Waals surface area contributed by atoms with Crippen LogP contribution in [0.15, 0.2) is 42.6 Å². The van der Waals surface area contributed by atoms with Crippen LogP contribution in [0.25, 0.3) is 11.3 Å². The Labute approximate surface area is 144 Å². The predicted molar refractivity (Wildman–Crippen MR) is 90.7 cm³/mol. The molecule has 0 saturated carbocycles. The molecule has 1 aliphatic carbocycles. The topological polar surface area (TPSA) is 106 Å². The van der Waals surface area contributed by atoms with Crippen molar-refractivity contribution >= 4 is 11.9 Å². The number of hydrogen-bond acceptors (Lipinski definition) is 3. The number of nitrogens with two attached hydrogens (primary N) is 1. The van der Waals surface area contributed by atoms with Gasteiger partial charge in [0.05, 0.1) is 5.69 Å². The molecule has 4 N–H and O–H groups in total. The summed E-state index contributed by atoms with van der Waals surface area (Å²) in [5.41, 5.74) is 10.5. The van der Waals surface area contributed by atoms with Crippen molar-refractivity contribution in [3.8, 4) is 11.3 Å². The van der Waals surface area contributed by atoms with Crippen LogP contribution in [0, 0.1) is 5.82 Å². The van der Waals surface area contributed by atoms with Crippen molar-refractivity contribution in [3.05, 3.63) is 59.6 Å². The largest absolute Gasteiger partial charge is 0.478 e. The predicted octanol–water partition coefficient (Wildman–Crippen LogP) is 2.26. The highest BCUT2D eigenvalue weighted by molar-refractivity contribution is 5.89. The van der Waals surface area contributed by atoms with Crippen molar-refractivity contribution in [2.75, 3.05) is 0 Å². The fourth-order valence-electron chi connectivity index (χ4n) is 2.74. The second-order valence-electron chi connectivity index (χ2n) is 5.81. The first-order valence-electron chi connectivity index (χ1n) is 7.64. The maximum atomic E-state index is 13.2. The summed E-state index contributed by atoms with van der Waals surface area (Å²) in [6.07, 6.45) is 4.01. The smallest absolute Gasteiger partial charge is 0.328 e. The maximum Gasteiger partial charge on any atom is 0.328 e. The van der Waals surface area contributed by atoms with Crippen LogP contribution in [-0.2, 0) is 22.6 Å². The number of nitrogens with zero attached hydrogens (tertiary/aromatic N) is 1. The zero-order chi connectivity index (χ0) is 18.6. The summed E-state index contributed by atoms with van der Waals surface area (Å²) in [7, 11) is 0. The maximum absolute atomic E-state index is 13.2. The van der Waals surface area contributed by atoms with Gasteiger partial charge in [0, 0.05) is 42.9 Å². The van der Waals surface area contributed by atoms with Crippen LogP contribution in [0.3, 0.4) is 0 Å².